The molecule has 2 nitrogen and oxygen atoms in total. The highest BCUT2D eigenvalue weighted by Crippen LogP contribution is 2.22. The summed E-state index contributed by atoms with van der Waals surface area (Å²) in [5, 5.41) is 4.38. The number of halogens is 1. The third kappa shape index (κ3) is 5.38. The molecule has 1 aromatic rings. The summed E-state index contributed by atoms with van der Waals surface area (Å²) in [6, 6.07) is 8.51. The minimum absolute atomic E-state index is 0.309. The van der Waals surface area contributed by atoms with Gasteiger partial charge in [0, 0.05) is 18.2 Å². The molecule has 18 heavy (non-hydrogen) atoms. The third-order valence-electron chi connectivity index (χ3n) is 3.18. The number of nitrogens with one attached hydrogen (secondary N) is 1. The topological polar surface area (TPSA) is 21.3 Å². The fourth-order valence-electron chi connectivity index (χ4n) is 1.92. The molecule has 0 fully saturated rings. The lowest BCUT2D eigenvalue weighted by Gasteiger charge is -2.20. The maximum atomic E-state index is 5.93. The maximum Gasteiger partial charge on any atom is 0.0543 e. The molecule has 0 saturated carbocycles. The van der Waals surface area contributed by atoms with Gasteiger partial charge in [-0.25, -0.2) is 0 Å². The zero-order valence-corrected chi connectivity index (χ0v) is 12.3. The van der Waals surface area contributed by atoms with Crippen LogP contribution in [0.1, 0.15) is 44.7 Å². The Morgan fingerprint density at radius 2 is 1.89 bits per heavy atom. The largest absolute Gasteiger partial charge is 0.382 e. The number of rotatable bonds is 8. The lowest BCUT2D eigenvalue weighted by Crippen LogP contribution is -2.23. The summed E-state index contributed by atoms with van der Waals surface area (Å²) in [5.41, 5.74) is 1.30. The quantitative estimate of drug-likeness (QED) is 0.764. The Hall–Kier alpha value is -0.570. The van der Waals surface area contributed by atoms with Crippen molar-refractivity contribution in [3.8, 4) is 0 Å². The van der Waals surface area contributed by atoms with Gasteiger partial charge in [-0.15, -0.1) is 0 Å². The zero-order valence-electron chi connectivity index (χ0n) is 11.6. The van der Waals surface area contributed by atoms with Crippen molar-refractivity contribution in [2.24, 2.45) is 0 Å². The Labute approximate surface area is 116 Å². The summed E-state index contributed by atoms with van der Waals surface area (Å²) < 4.78 is 5.31. The normalized spacial score (nSPS) is 14.4. The van der Waals surface area contributed by atoms with Crippen molar-refractivity contribution in [1.82, 2.24) is 5.32 Å². The van der Waals surface area contributed by atoms with Gasteiger partial charge in [-0.05, 0) is 50.4 Å². The van der Waals surface area contributed by atoms with Crippen LogP contribution in [0.4, 0.5) is 0 Å². The zero-order chi connectivity index (χ0) is 13.4. The molecule has 0 amide bonds. The Bertz CT molecular complexity index is 326. The lowest BCUT2D eigenvalue weighted by atomic mass is 10.0. The molecule has 2 unspecified atom stereocenters. The molecule has 0 bridgehead atoms. The third-order valence-corrected chi connectivity index (χ3v) is 3.43. The van der Waals surface area contributed by atoms with Crippen molar-refractivity contribution in [2.75, 3.05) is 13.7 Å². The molecular formula is C15H24ClNO. The van der Waals surface area contributed by atoms with Gasteiger partial charge in [0.15, 0.2) is 0 Å². The first-order chi connectivity index (χ1) is 8.67. The van der Waals surface area contributed by atoms with Crippen LogP contribution < -0.4 is 5.32 Å². The Morgan fingerprint density at radius 3 is 2.44 bits per heavy atom. The Kier molecular flexibility index (Phi) is 7.33. The second kappa shape index (κ2) is 8.52. The van der Waals surface area contributed by atoms with Gasteiger partial charge in [0.2, 0.25) is 0 Å². The smallest absolute Gasteiger partial charge is 0.0543 e. The molecule has 0 aliphatic heterocycles. The summed E-state index contributed by atoms with van der Waals surface area (Å²) >= 11 is 5.93. The highest BCUT2D eigenvalue weighted by atomic mass is 35.5. The van der Waals surface area contributed by atoms with Crippen LogP contribution in [0.2, 0.25) is 5.02 Å². The van der Waals surface area contributed by atoms with E-state index in [1.165, 1.54) is 5.56 Å². The molecule has 0 aliphatic carbocycles. The van der Waals surface area contributed by atoms with Crippen molar-refractivity contribution >= 4 is 11.6 Å². The van der Waals surface area contributed by atoms with Crippen molar-refractivity contribution in [3.63, 3.8) is 0 Å². The monoisotopic (exact) mass is 269 g/mol. The van der Waals surface area contributed by atoms with Gasteiger partial charge in [0.1, 0.15) is 0 Å². The highest BCUT2D eigenvalue weighted by molar-refractivity contribution is 6.30. The van der Waals surface area contributed by atoms with Crippen LogP contribution in [0.3, 0.4) is 0 Å². The number of methoxy groups -OCH3 is 1. The number of hydrogen-bond donors (Lipinski definition) is 1. The minimum Gasteiger partial charge on any atom is -0.382 e. The maximum absolute atomic E-state index is 5.93. The first kappa shape index (κ1) is 15.5. The highest BCUT2D eigenvalue weighted by Gasteiger charge is 2.12. The summed E-state index contributed by atoms with van der Waals surface area (Å²) in [5.74, 6) is 0. The molecule has 1 aromatic carbocycles. The van der Waals surface area contributed by atoms with E-state index in [-0.39, 0.29) is 0 Å². The van der Waals surface area contributed by atoms with E-state index < -0.39 is 0 Å². The molecular weight excluding hydrogens is 246 g/mol. The number of benzene rings is 1. The average Bonchev–Trinajstić information content (AvgIpc) is 2.40. The molecule has 2 atom stereocenters. The van der Waals surface area contributed by atoms with Gasteiger partial charge in [0.05, 0.1) is 6.10 Å². The molecule has 0 radical (unpaired) electrons. The predicted octanol–water partition coefficient (Wildman–Crippen LogP) is 4.20. The minimum atomic E-state index is 0.309. The van der Waals surface area contributed by atoms with Gasteiger partial charge < -0.3 is 10.1 Å². The van der Waals surface area contributed by atoms with Crippen LogP contribution >= 0.6 is 11.6 Å². The molecule has 0 spiro atoms. The van der Waals surface area contributed by atoms with E-state index in [0.717, 1.165) is 30.8 Å². The van der Waals surface area contributed by atoms with E-state index in [0.29, 0.717) is 12.1 Å². The van der Waals surface area contributed by atoms with E-state index in [1.54, 1.807) is 7.11 Å². The Balaban J connectivity index is 2.62. The van der Waals surface area contributed by atoms with Crippen molar-refractivity contribution in [3.05, 3.63) is 34.9 Å². The van der Waals surface area contributed by atoms with E-state index in [4.69, 9.17) is 16.3 Å². The second-order valence-electron chi connectivity index (χ2n) is 4.68. The van der Waals surface area contributed by atoms with Crippen LogP contribution in [-0.4, -0.2) is 19.8 Å². The van der Waals surface area contributed by atoms with Gasteiger partial charge in [-0.3, -0.25) is 0 Å². The van der Waals surface area contributed by atoms with Crippen molar-refractivity contribution < 1.29 is 4.74 Å². The van der Waals surface area contributed by atoms with Crippen LogP contribution in [-0.2, 0) is 4.74 Å². The molecule has 3 heteroatoms. The number of ether oxygens (including phenoxy) is 1. The molecule has 1 rings (SSSR count). The molecule has 0 aliphatic rings. The second-order valence-corrected chi connectivity index (χ2v) is 5.12. The fraction of sp³-hybridized carbons (Fsp3) is 0.600. The van der Waals surface area contributed by atoms with E-state index in [2.05, 4.69) is 31.3 Å². The molecule has 0 saturated heterocycles. The fourth-order valence-corrected chi connectivity index (χ4v) is 2.05. The molecule has 1 N–H and O–H groups in total. The average molecular weight is 270 g/mol. The van der Waals surface area contributed by atoms with Gasteiger partial charge >= 0.3 is 0 Å². The summed E-state index contributed by atoms with van der Waals surface area (Å²) in [6.07, 6.45) is 3.59. The lowest BCUT2D eigenvalue weighted by molar-refractivity contribution is 0.106. The van der Waals surface area contributed by atoms with Crippen molar-refractivity contribution in [1.29, 1.82) is 0 Å². The van der Waals surface area contributed by atoms with Crippen LogP contribution in [0.5, 0.6) is 0 Å². The van der Waals surface area contributed by atoms with E-state index in [1.807, 2.05) is 12.1 Å². The summed E-state index contributed by atoms with van der Waals surface area (Å²) in [7, 11) is 1.77. The number of hydrogen-bond acceptors (Lipinski definition) is 2. The predicted molar refractivity (Wildman–Crippen MR) is 78.2 cm³/mol. The van der Waals surface area contributed by atoms with Gasteiger partial charge in [-0.1, -0.05) is 30.7 Å². The molecule has 0 heterocycles. The first-order valence-electron chi connectivity index (χ1n) is 6.69. The summed E-state index contributed by atoms with van der Waals surface area (Å²) in [6.45, 7) is 5.33. The SMILES string of the molecule is CCCNC(CCC(C)OC)c1ccc(Cl)cc1. The van der Waals surface area contributed by atoms with Gasteiger partial charge in [0.25, 0.3) is 0 Å². The van der Waals surface area contributed by atoms with Crippen LogP contribution in [0.25, 0.3) is 0 Å². The molecule has 102 valence electrons. The summed E-state index contributed by atoms with van der Waals surface area (Å²) in [4.78, 5) is 0. The standard InChI is InChI=1S/C15H24ClNO/c1-4-11-17-15(10-5-12(2)18-3)13-6-8-14(16)9-7-13/h6-9,12,15,17H,4-5,10-11H2,1-3H3. The van der Waals surface area contributed by atoms with Gasteiger partial charge in [-0.2, -0.15) is 0 Å². The van der Waals surface area contributed by atoms with Crippen molar-refractivity contribution in [2.45, 2.75) is 45.3 Å². The van der Waals surface area contributed by atoms with E-state index in [9.17, 15) is 0 Å². The van der Waals surface area contributed by atoms with Crippen LogP contribution in [0.15, 0.2) is 24.3 Å². The Morgan fingerprint density at radius 1 is 1.22 bits per heavy atom. The first-order valence-corrected chi connectivity index (χ1v) is 7.06. The van der Waals surface area contributed by atoms with E-state index >= 15 is 0 Å². The van der Waals surface area contributed by atoms with Crippen LogP contribution in [0, 0.1) is 0 Å². The molecule has 0 aromatic heterocycles.